The minimum atomic E-state index is -1.51. The Hall–Kier alpha value is -1.37. The molecule has 0 atom stereocenters. The van der Waals surface area contributed by atoms with E-state index in [1.807, 2.05) is 0 Å². The van der Waals surface area contributed by atoms with Crippen LogP contribution in [0.1, 0.15) is 36.0 Å². The Balaban J connectivity index is 1.64. The molecule has 0 radical (unpaired) electrons. The van der Waals surface area contributed by atoms with Crippen LogP contribution in [-0.4, -0.2) is 42.8 Å². The van der Waals surface area contributed by atoms with Gasteiger partial charge in [0.05, 0.1) is 6.61 Å². The Morgan fingerprint density at radius 3 is 2.52 bits per heavy atom. The summed E-state index contributed by atoms with van der Waals surface area (Å²) in [6, 6.07) is 6.19. The monoisotopic (exact) mass is 291 g/mol. The van der Waals surface area contributed by atoms with E-state index in [2.05, 4.69) is 5.32 Å². The third kappa shape index (κ3) is 5.15. The second kappa shape index (κ2) is 8.17. The van der Waals surface area contributed by atoms with Gasteiger partial charge in [0.25, 0.3) is 5.91 Å². The molecule has 0 bridgehead atoms. The lowest BCUT2D eigenvalue weighted by molar-refractivity contribution is 0.0865. The molecule has 0 saturated heterocycles. The molecule has 0 aromatic heterocycles. The van der Waals surface area contributed by atoms with E-state index in [-0.39, 0.29) is 5.91 Å². The molecule has 0 unspecified atom stereocenters. The van der Waals surface area contributed by atoms with E-state index in [0.29, 0.717) is 30.1 Å². The standard InChI is InChI=1S/C15H22BNO4/c18-15(13-5-7-14(8-6-13)16(19)20)17-9-10-21-11-12-3-1-2-4-12/h5-8,12,19-20H,1-4,9-11H2,(H,17,18). The lowest BCUT2D eigenvalue weighted by atomic mass is 9.80. The lowest BCUT2D eigenvalue weighted by Crippen LogP contribution is -2.31. The van der Waals surface area contributed by atoms with Crippen LogP contribution in [0.5, 0.6) is 0 Å². The van der Waals surface area contributed by atoms with Gasteiger partial charge >= 0.3 is 7.12 Å². The van der Waals surface area contributed by atoms with E-state index in [9.17, 15) is 4.79 Å². The molecule has 0 aliphatic heterocycles. The largest absolute Gasteiger partial charge is 0.488 e. The van der Waals surface area contributed by atoms with Gasteiger partial charge in [-0.05, 0) is 36.4 Å². The average Bonchev–Trinajstić information content (AvgIpc) is 3.00. The highest BCUT2D eigenvalue weighted by Crippen LogP contribution is 2.24. The van der Waals surface area contributed by atoms with Gasteiger partial charge in [0.1, 0.15) is 0 Å². The summed E-state index contributed by atoms with van der Waals surface area (Å²) in [5.41, 5.74) is 0.863. The smallest absolute Gasteiger partial charge is 0.423 e. The van der Waals surface area contributed by atoms with E-state index in [1.54, 1.807) is 12.1 Å². The fraction of sp³-hybridized carbons (Fsp3) is 0.533. The number of carbonyl (C=O) groups is 1. The molecule has 6 heteroatoms. The van der Waals surface area contributed by atoms with E-state index in [0.717, 1.165) is 6.61 Å². The molecule has 0 heterocycles. The van der Waals surface area contributed by atoms with E-state index in [1.165, 1.54) is 37.8 Å². The van der Waals surface area contributed by atoms with Gasteiger partial charge in [-0.2, -0.15) is 0 Å². The average molecular weight is 291 g/mol. The highest BCUT2D eigenvalue weighted by molar-refractivity contribution is 6.58. The number of carbonyl (C=O) groups excluding carboxylic acids is 1. The molecule has 3 N–H and O–H groups in total. The van der Waals surface area contributed by atoms with Gasteiger partial charge in [0.2, 0.25) is 0 Å². The van der Waals surface area contributed by atoms with Crippen molar-refractivity contribution < 1.29 is 19.6 Å². The zero-order valence-corrected chi connectivity index (χ0v) is 12.1. The molecular weight excluding hydrogens is 269 g/mol. The van der Waals surface area contributed by atoms with Crippen molar-refractivity contribution in [3.8, 4) is 0 Å². The number of hydrogen-bond acceptors (Lipinski definition) is 4. The maximum Gasteiger partial charge on any atom is 0.488 e. The fourth-order valence-electron chi connectivity index (χ4n) is 2.57. The first-order valence-electron chi connectivity index (χ1n) is 7.49. The Morgan fingerprint density at radius 2 is 1.90 bits per heavy atom. The van der Waals surface area contributed by atoms with Crippen molar-refractivity contribution in [2.45, 2.75) is 25.7 Å². The van der Waals surface area contributed by atoms with Crippen LogP contribution in [0.15, 0.2) is 24.3 Å². The predicted molar refractivity (Wildman–Crippen MR) is 81.4 cm³/mol. The SMILES string of the molecule is O=C(NCCOCC1CCCC1)c1ccc(B(O)O)cc1. The number of ether oxygens (including phenoxy) is 1. The second-order valence-electron chi connectivity index (χ2n) is 5.48. The molecule has 114 valence electrons. The molecule has 21 heavy (non-hydrogen) atoms. The van der Waals surface area contributed by atoms with E-state index < -0.39 is 7.12 Å². The van der Waals surface area contributed by atoms with Gasteiger partial charge in [-0.3, -0.25) is 4.79 Å². The summed E-state index contributed by atoms with van der Waals surface area (Å²) >= 11 is 0. The van der Waals surface area contributed by atoms with Crippen molar-refractivity contribution in [2.24, 2.45) is 5.92 Å². The fourth-order valence-corrected chi connectivity index (χ4v) is 2.57. The molecule has 1 fully saturated rings. The van der Waals surface area contributed by atoms with Crippen LogP contribution in [-0.2, 0) is 4.74 Å². The number of nitrogens with one attached hydrogen (secondary N) is 1. The van der Waals surface area contributed by atoms with Gasteiger partial charge in [0.15, 0.2) is 0 Å². The number of benzene rings is 1. The Bertz CT molecular complexity index is 443. The molecule has 1 aromatic carbocycles. The summed E-state index contributed by atoms with van der Waals surface area (Å²) in [6.45, 7) is 1.80. The molecule has 1 saturated carbocycles. The topological polar surface area (TPSA) is 78.8 Å². The number of amides is 1. The van der Waals surface area contributed by atoms with Gasteiger partial charge in [-0.25, -0.2) is 0 Å². The zero-order chi connectivity index (χ0) is 15.1. The van der Waals surface area contributed by atoms with Crippen LogP contribution in [0, 0.1) is 5.92 Å². The summed E-state index contributed by atoms with van der Waals surface area (Å²) in [7, 11) is -1.51. The highest BCUT2D eigenvalue weighted by Gasteiger charge is 2.15. The lowest BCUT2D eigenvalue weighted by Gasteiger charge is -2.10. The summed E-state index contributed by atoms with van der Waals surface area (Å²) in [4.78, 5) is 11.9. The Kier molecular flexibility index (Phi) is 6.23. The molecule has 1 amide bonds. The van der Waals surface area contributed by atoms with Crippen molar-refractivity contribution in [1.82, 2.24) is 5.32 Å². The maximum absolute atomic E-state index is 11.9. The third-order valence-corrected chi connectivity index (χ3v) is 3.83. The molecule has 1 aliphatic carbocycles. The normalized spacial score (nSPS) is 15.1. The van der Waals surface area contributed by atoms with Crippen molar-refractivity contribution in [3.05, 3.63) is 29.8 Å². The first-order valence-corrected chi connectivity index (χ1v) is 7.49. The van der Waals surface area contributed by atoms with Crippen molar-refractivity contribution in [2.75, 3.05) is 19.8 Å². The summed E-state index contributed by atoms with van der Waals surface area (Å²) < 4.78 is 5.57. The molecule has 1 aliphatic rings. The summed E-state index contributed by atoms with van der Waals surface area (Å²) in [5.74, 6) is 0.511. The van der Waals surface area contributed by atoms with Gasteiger partial charge in [-0.1, -0.05) is 25.0 Å². The predicted octanol–water partition coefficient (Wildman–Crippen LogP) is 0.303. The van der Waals surface area contributed by atoms with Crippen LogP contribution in [0.25, 0.3) is 0 Å². The quantitative estimate of drug-likeness (QED) is 0.499. The van der Waals surface area contributed by atoms with Gasteiger partial charge < -0.3 is 20.1 Å². The van der Waals surface area contributed by atoms with Crippen LogP contribution < -0.4 is 10.8 Å². The third-order valence-electron chi connectivity index (χ3n) is 3.83. The van der Waals surface area contributed by atoms with Gasteiger partial charge in [0, 0.05) is 18.7 Å². The van der Waals surface area contributed by atoms with Gasteiger partial charge in [-0.15, -0.1) is 0 Å². The van der Waals surface area contributed by atoms with E-state index >= 15 is 0 Å². The van der Waals surface area contributed by atoms with Crippen molar-refractivity contribution >= 4 is 18.5 Å². The minimum absolute atomic E-state index is 0.182. The minimum Gasteiger partial charge on any atom is -0.423 e. The number of rotatable bonds is 7. The molecule has 2 rings (SSSR count). The van der Waals surface area contributed by atoms with E-state index in [4.69, 9.17) is 14.8 Å². The summed E-state index contributed by atoms with van der Waals surface area (Å²) in [6.07, 6.45) is 5.14. The first-order chi connectivity index (χ1) is 10.2. The van der Waals surface area contributed by atoms with Crippen LogP contribution in [0.4, 0.5) is 0 Å². The van der Waals surface area contributed by atoms with Crippen molar-refractivity contribution in [3.63, 3.8) is 0 Å². The van der Waals surface area contributed by atoms with Crippen LogP contribution >= 0.6 is 0 Å². The Labute approximate surface area is 125 Å². The second-order valence-corrected chi connectivity index (χ2v) is 5.48. The highest BCUT2D eigenvalue weighted by atomic mass is 16.5. The number of hydrogen-bond donors (Lipinski definition) is 3. The molecular formula is C15H22BNO4. The maximum atomic E-state index is 11.9. The van der Waals surface area contributed by atoms with Crippen LogP contribution in [0.2, 0.25) is 0 Å². The first kappa shape index (κ1) is 16.0. The van der Waals surface area contributed by atoms with Crippen molar-refractivity contribution in [1.29, 1.82) is 0 Å². The molecule has 5 nitrogen and oxygen atoms in total. The molecule has 1 aromatic rings. The summed E-state index contributed by atoms with van der Waals surface area (Å²) in [5, 5.41) is 20.7. The van der Waals surface area contributed by atoms with Crippen LogP contribution in [0.3, 0.4) is 0 Å². The Morgan fingerprint density at radius 1 is 1.24 bits per heavy atom. The zero-order valence-electron chi connectivity index (χ0n) is 12.1. The molecule has 0 spiro atoms.